The molecule has 1 N–H and O–H groups in total. The van der Waals surface area contributed by atoms with Gasteiger partial charge in [-0.15, -0.1) is 11.3 Å². The van der Waals surface area contributed by atoms with Gasteiger partial charge in [-0.1, -0.05) is 30.3 Å². The van der Waals surface area contributed by atoms with E-state index in [1.807, 2.05) is 30.3 Å². The molecule has 2 aromatic heterocycles. The number of aromatic amines is 1. The van der Waals surface area contributed by atoms with Crippen molar-refractivity contribution in [2.24, 2.45) is 0 Å². The molecule has 116 valence electrons. The van der Waals surface area contributed by atoms with Crippen LogP contribution in [-0.4, -0.2) is 12.1 Å². The Morgan fingerprint density at radius 2 is 1.83 bits per heavy atom. The van der Waals surface area contributed by atoms with Gasteiger partial charge in [-0.3, -0.25) is 4.79 Å². The van der Waals surface area contributed by atoms with E-state index in [2.05, 4.69) is 29.2 Å². The lowest BCUT2D eigenvalue weighted by Crippen LogP contribution is -2.04. The van der Waals surface area contributed by atoms with E-state index < -0.39 is 0 Å². The number of hydrogen-bond donors (Lipinski definition) is 1. The first-order chi connectivity index (χ1) is 11.8. The van der Waals surface area contributed by atoms with E-state index in [-0.39, 0.29) is 5.56 Å². The third-order valence-electron chi connectivity index (χ3n) is 4.53. The second-order valence-electron chi connectivity index (χ2n) is 5.83. The summed E-state index contributed by atoms with van der Waals surface area (Å²) in [4.78, 5) is 15.6. The molecule has 0 aliphatic heterocycles. The van der Waals surface area contributed by atoms with Crippen molar-refractivity contribution in [2.75, 3.05) is 7.11 Å². The molecular weight excluding hydrogens is 318 g/mol. The van der Waals surface area contributed by atoms with Gasteiger partial charge >= 0.3 is 0 Å². The van der Waals surface area contributed by atoms with Crippen LogP contribution in [0.3, 0.4) is 0 Å². The molecule has 0 saturated heterocycles. The minimum atomic E-state index is -0.0343. The van der Waals surface area contributed by atoms with Crippen molar-refractivity contribution in [3.63, 3.8) is 0 Å². The molecule has 2 heterocycles. The zero-order chi connectivity index (χ0) is 16.3. The van der Waals surface area contributed by atoms with Gasteiger partial charge in [0.25, 0.3) is 5.56 Å². The Morgan fingerprint density at radius 1 is 0.958 bits per heavy atom. The van der Waals surface area contributed by atoms with Crippen LogP contribution < -0.4 is 10.3 Å². The van der Waals surface area contributed by atoms with E-state index in [0.717, 1.165) is 36.8 Å². The van der Waals surface area contributed by atoms with Crippen molar-refractivity contribution in [1.29, 1.82) is 0 Å². The normalized spacial score (nSPS) is 11.7. The van der Waals surface area contributed by atoms with Crippen LogP contribution in [0.2, 0.25) is 0 Å². The predicted molar refractivity (Wildman–Crippen MR) is 102 cm³/mol. The molecule has 5 aromatic rings. The zero-order valence-corrected chi connectivity index (χ0v) is 13.7. The highest BCUT2D eigenvalue weighted by molar-refractivity contribution is 7.26. The van der Waals surface area contributed by atoms with Crippen molar-refractivity contribution < 1.29 is 4.74 Å². The molecule has 3 nitrogen and oxygen atoms in total. The van der Waals surface area contributed by atoms with Crippen LogP contribution in [0.15, 0.2) is 59.4 Å². The Labute approximate surface area is 141 Å². The summed E-state index contributed by atoms with van der Waals surface area (Å²) in [5, 5.41) is 5.55. The van der Waals surface area contributed by atoms with Crippen LogP contribution in [0.1, 0.15) is 0 Å². The van der Waals surface area contributed by atoms with Gasteiger partial charge in [-0.05, 0) is 35.0 Å². The quantitative estimate of drug-likeness (QED) is 0.466. The van der Waals surface area contributed by atoms with E-state index in [0.29, 0.717) is 0 Å². The number of ether oxygens (including phenoxy) is 1. The highest BCUT2D eigenvalue weighted by Crippen LogP contribution is 2.40. The summed E-state index contributed by atoms with van der Waals surface area (Å²) >= 11 is 1.55. The van der Waals surface area contributed by atoms with Crippen molar-refractivity contribution >= 4 is 53.2 Å². The number of nitrogens with one attached hydrogen (secondary N) is 1. The third kappa shape index (κ3) is 1.74. The molecule has 24 heavy (non-hydrogen) atoms. The number of aromatic nitrogens is 1. The smallest absolute Gasteiger partial charge is 0.266 e. The maximum Gasteiger partial charge on any atom is 0.266 e. The number of pyridine rings is 1. The lowest BCUT2D eigenvalue weighted by atomic mass is 10.0. The van der Waals surface area contributed by atoms with Crippen molar-refractivity contribution in [1.82, 2.24) is 4.98 Å². The molecule has 0 aliphatic carbocycles. The first kappa shape index (κ1) is 13.6. The van der Waals surface area contributed by atoms with E-state index in [1.54, 1.807) is 18.4 Å². The lowest BCUT2D eigenvalue weighted by molar-refractivity contribution is 0.415. The van der Waals surface area contributed by atoms with Gasteiger partial charge in [0, 0.05) is 26.4 Å². The van der Waals surface area contributed by atoms with Crippen molar-refractivity contribution in [2.45, 2.75) is 0 Å². The Kier molecular flexibility index (Phi) is 2.73. The SMILES string of the molecule is COc1ccc2[nH]c(=O)c3sc4ccc5ccccc5c4c3c2c1. The van der Waals surface area contributed by atoms with Crippen LogP contribution in [0.5, 0.6) is 5.75 Å². The van der Waals surface area contributed by atoms with Crippen LogP contribution in [0.4, 0.5) is 0 Å². The standard InChI is InChI=1S/C20H13NO2S/c1-23-12-7-8-15-14(10-12)18-17-13-5-3-2-4-11(13)6-9-16(17)24-19(18)20(22)21-15/h2-10H,1H3,(H,21,22). The van der Waals surface area contributed by atoms with Gasteiger partial charge < -0.3 is 9.72 Å². The molecule has 0 aliphatic rings. The number of fused-ring (bicyclic) bond motifs is 7. The van der Waals surface area contributed by atoms with Gasteiger partial charge in [-0.2, -0.15) is 0 Å². The van der Waals surface area contributed by atoms with Gasteiger partial charge in [0.15, 0.2) is 0 Å². The fourth-order valence-corrected chi connectivity index (χ4v) is 4.56. The Balaban J connectivity index is 2.15. The minimum Gasteiger partial charge on any atom is -0.497 e. The number of H-pyrrole nitrogens is 1. The molecule has 0 unspecified atom stereocenters. The van der Waals surface area contributed by atoms with Crippen LogP contribution in [0.25, 0.3) is 41.8 Å². The predicted octanol–water partition coefficient (Wildman–Crippen LogP) is 5.06. The van der Waals surface area contributed by atoms with Crippen LogP contribution in [-0.2, 0) is 0 Å². The van der Waals surface area contributed by atoms with Crippen molar-refractivity contribution in [3.8, 4) is 5.75 Å². The molecule has 3 aromatic carbocycles. The topological polar surface area (TPSA) is 42.1 Å². The van der Waals surface area contributed by atoms with E-state index in [4.69, 9.17) is 4.74 Å². The molecule has 0 amide bonds. The summed E-state index contributed by atoms with van der Waals surface area (Å²) in [6.07, 6.45) is 0. The fourth-order valence-electron chi connectivity index (χ4n) is 3.43. The maximum atomic E-state index is 12.6. The van der Waals surface area contributed by atoms with Crippen LogP contribution in [0, 0.1) is 0 Å². The minimum absolute atomic E-state index is 0.0343. The van der Waals surface area contributed by atoms with Gasteiger partial charge in [0.2, 0.25) is 0 Å². The van der Waals surface area contributed by atoms with E-state index >= 15 is 0 Å². The van der Waals surface area contributed by atoms with Crippen LogP contribution >= 0.6 is 11.3 Å². The van der Waals surface area contributed by atoms with Gasteiger partial charge in [0.05, 0.1) is 7.11 Å². The molecule has 0 fully saturated rings. The number of methoxy groups -OCH3 is 1. The molecule has 0 radical (unpaired) electrons. The zero-order valence-electron chi connectivity index (χ0n) is 12.9. The second kappa shape index (κ2) is 4.82. The number of benzene rings is 3. The summed E-state index contributed by atoms with van der Waals surface area (Å²) in [6.45, 7) is 0. The summed E-state index contributed by atoms with van der Waals surface area (Å²) < 4.78 is 7.28. The Bertz CT molecular complexity index is 1310. The first-order valence-corrected chi connectivity index (χ1v) is 8.52. The maximum absolute atomic E-state index is 12.6. The van der Waals surface area contributed by atoms with Gasteiger partial charge in [-0.25, -0.2) is 0 Å². The molecule has 0 bridgehead atoms. The molecule has 0 atom stereocenters. The third-order valence-corrected chi connectivity index (χ3v) is 5.68. The molecule has 0 saturated carbocycles. The molecule has 4 heteroatoms. The van der Waals surface area contributed by atoms with E-state index in [1.165, 1.54) is 10.8 Å². The highest BCUT2D eigenvalue weighted by atomic mass is 32.1. The molecular formula is C20H13NO2S. The summed E-state index contributed by atoms with van der Waals surface area (Å²) in [7, 11) is 1.66. The molecule has 0 spiro atoms. The average molecular weight is 331 g/mol. The largest absolute Gasteiger partial charge is 0.497 e. The average Bonchev–Trinajstić information content (AvgIpc) is 3.02. The second-order valence-corrected chi connectivity index (χ2v) is 6.88. The van der Waals surface area contributed by atoms with Gasteiger partial charge in [0.1, 0.15) is 10.4 Å². The number of rotatable bonds is 1. The first-order valence-electron chi connectivity index (χ1n) is 7.70. The van der Waals surface area contributed by atoms with Crippen molar-refractivity contribution in [3.05, 3.63) is 65.0 Å². The summed E-state index contributed by atoms with van der Waals surface area (Å²) in [5.74, 6) is 0.787. The Hall–Kier alpha value is -2.85. The number of thiophene rings is 1. The Morgan fingerprint density at radius 3 is 2.71 bits per heavy atom. The lowest BCUT2D eigenvalue weighted by Gasteiger charge is -2.05. The fraction of sp³-hybridized carbons (Fsp3) is 0.0500. The molecule has 5 rings (SSSR count). The monoisotopic (exact) mass is 331 g/mol. The van der Waals surface area contributed by atoms with E-state index in [9.17, 15) is 4.79 Å². The summed E-state index contributed by atoms with van der Waals surface area (Å²) in [6, 6.07) is 18.3. The number of hydrogen-bond acceptors (Lipinski definition) is 3. The highest BCUT2D eigenvalue weighted by Gasteiger charge is 2.15. The summed E-state index contributed by atoms with van der Waals surface area (Å²) in [5.41, 5.74) is 0.800.